The van der Waals surface area contributed by atoms with Gasteiger partial charge in [-0.05, 0) is 47.5 Å². The molecule has 8 nitrogen and oxygen atoms in total. The molecule has 4 aromatic rings. The standard InChI is InChI=1S/C23H11Cl2N3O5.ClH/c24-21-26-19(27-22(25)28-21)12-2-1-3-15-18(12)20(31)33-23(15)13-6-4-10(29)8-16(13)32-17-9-11(30)5-7-14(17)23;/h1-9,29-30H;1H. The van der Waals surface area contributed by atoms with Gasteiger partial charge >= 0.3 is 5.97 Å². The van der Waals surface area contributed by atoms with Gasteiger partial charge in [0.25, 0.3) is 0 Å². The van der Waals surface area contributed by atoms with Crippen LogP contribution < -0.4 is 4.74 Å². The maximum Gasteiger partial charge on any atom is 0.340 e. The van der Waals surface area contributed by atoms with E-state index in [0.29, 0.717) is 22.3 Å². The largest absolute Gasteiger partial charge is 0.508 e. The molecule has 34 heavy (non-hydrogen) atoms. The summed E-state index contributed by atoms with van der Waals surface area (Å²) in [6.07, 6.45) is 0. The summed E-state index contributed by atoms with van der Waals surface area (Å²) in [6, 6.07) is 14.2. The SMILES string of the molecule is Cl.O=C1OC2(c3ccc(O)cc3Oc3cc(O)ccc32)c2cccc(-c3nc(Cl)nc(Cl)n3)c21. The highest BCUT2D eigenvalue weighted by Gasteiger charge is 2.54. The predicted octanol–water partition coefficient (Wildman–Crippen LogP) is 5.25. The Labute approximate surface area is 208 Å². The highest BCUT2D eigenvalue weighted by molar-refractivity contribution is 6.31. The molecule has 3 aromatic carbocycles. The van der Waals surface area contributed by atoms with Gasteiger partial charge in [-0.2, -0.15) is 15.0 Å². The van der Waals surface area contributed by atoms with E-state index in [2.05, 4.69) is 15.0 Å². The lowest BCUT2D eigenvalue weighted by molar-refractivity contribution is 0.0224. The molecule has 0 unspecified atom stereocenters. The van der Waals surface area contributed by atoms with E-state index in [1.807, 2.05) is 0 Å². The minimum absolute atomic E-state index is 0. The van der Waals surface area contributed by atoms with Crippen molar-refractivity contribution in [3.63, 3.8) is 0 Å². The summed E-state index contributed by atoms with van der Waals surface area (Å²) in [4.78, 5) is 25.4. The number of ether oxygens (including phenoxy) is 2. The average molecular weight is 517 g/mol. The van der Waals surface area contributed by atoms with Crippen molar-refractivity contribution in [2.24, 2.45) is 0 Å². The molecular weight excluding hydrogens is 505 g/mol. The lowest BCUT2D eigenvalue weighted by atomic mass is 9.77. The number of hydrogen-bond acceptors (Lipinski definition) is 8. The second-order valence-corrected chi connectivity index (χ2v) is 8.14. The van der Waals surface area contributed by atoms with Crippen molar-refractivity contribution >= 4 is 41.6 Å². The van der Waals surface area contributed by atoms with Gasteiger partial charge in [-0.25, -0.2) is 4.79 Å². The Kier molecular flexibility index (Phi) is 5.05. The monoisotopic (exact) mass is 515 g/mol. The number of phenols is 2. The molecule has 0 radical (unpaired) electrons. The third kappa shape index (κ3) is 3.07. The first-order valence-electron chi connectivity index (χ1n) is 9.66. The Bertz CT molecular complexity index is 1440. The maximum atomic E-state index is 13.4. The number of esters is 1. The zero-order valence-corrected chi connectivity index (χ0v) is 19.1. The number of benzene rings is 3. The van der Waals surface area contributed by atoms with Gasteiger partial charge in [0.15, 0.2) is 11.4 Å². The van der Waals surface area contributed by atoms with E-state index in [9.17, 15) is 15.0 Å². The number of aromatic nitrogens is 3. The number of rotatable bonds is 1. The number of hydrogen-bond donors (Lipinski definition) is 2. The summed E-state index contributed by atoms with van der Waals surface area (Å²) in [5.41, 5.74) is 0.736. The normalized spacial score (nSPS) is 14.4. The number of nitrogens with zero attached hydrogens (tertiary/aromatic N) is 3. The van der Waals surface area contributed by atoms with Crippen molar-refractivity contribution in [1.82, 2.24) is 15.0 Å². The molecule has 0 saturated carbocycles. The number of phenolic OH excluding ortho intramolecular Hbond substituents is 2. The molecule has 170 valence electrons. The van der Waals surface area contributed by atoms with Crippen molar-refractivity contribution in [3.05, 3.63) is 87.4 Å². The topological polar surface area (TPSA) is 115 Å². The van der Waals surface area contributed by atoms with Gasteiger partial charge in [0, 0.05) is 34.4 Å². The van der Waals surface area contributed by atoms with E-state index in [4.69, 9.17) is 32.7 Å². The Hall–Kier alpha value is -3.59. The highest BCUT2D eigenvalue weighted by Crippen LogP contribution is 2.57. The molecule has 11 heteroatoms. The number of aromatic hydroxyl groups is 2. The van der Waals surface area contributed by atoms with Crippen LogP contribution in [0.3, 0.4) is 0 Å². The first-order valence-corrected chi connectivity index (χ1v) is 10.4. The fourth-order valence-corrected chi connectivity index (χ4v) is 4.74. The van der Waals surface area contributed by atoms with Crippen LogP contribution in [0, 0.1) is 0 Å². The van der Waals surface area contributed by atoms with Crippen LogP contribution in [0.2, 0.25) is 10.6 Å². The van der Waals surface area contributed by atoms with Crippen LogP contribution in [0.15, 0.2) is 54.6 Å². The summed E-state index contributed by atoms with van der Waals surface area (Å²) >= 11 is 11.9. The van der Waals surface area contributed by atoms with Crippen molar-refractivity contribution in [3.8, 4) is 34.4 Å². The van der Waals surface area contributed by atoms with E-state index in [1.54, 1.807) is 30.3 Å². The van der Waals surface area contributed by atoms with Crippen LogP contribution >= 0.6 is 35.6 Å². The van der Waals surface area contributed by atoms with E-state index >= 15 is 0 Å². The second-order valence-electron chi connectivity index (χ2n) is 7.46. The summed E-state index contributed by atoms with van der Waals surface area (Å²) in [5.74, 6) is 0.0133. The zero-order valence-electron chi connectivity index (χ0n) is 16.8. The molecule has 0 aliphatic carbocycles. The fraction of sp³-hybridized carbons (Fsp3) is 0.0435. The Morgan fingerprint density at radius 2 is 1.38 bits per heavy atom. The van der Waals surface area contributed by atoms with Crippen molar-refractivity contribution in [2.75, 3.05) is 0 Å². The minimum atomic E-state index is -1.40. The molecule has 2 aliphatic rings. The summed E-state index contributed by atoms with van der Waals surface area (Å²) < 4.78 is 12.0. The molecule has 0 atom stereocenters. The van der Waals surface area contributed by atoms with E-state index < -0.39 is 11.6 Å². The molecule has 0 saturated heterocycles. The Morgan fingerprint density at radius 3 is 1.97 bits per heavy atom. The van der Waals surface area contributed by atoms with Crippen molar-refractivity contribution in [1.29, 1.82) is 0 Å². The third-order valence-electron chi connectivity index (χ3n) is 5.62. The molecule has 6 rings (SSSR count). The van der Waals surface area contributed by atoms with Crippen molar-refractivity contribution in [2.45, 2.75) is 5.60 Å². The Morgan fingerprint density at radius 1 is 0.794 bits per heavy atom. The van der Waals surface area contributed by atoms with Crippen LogP contribution in [-0.4, -0.2) is 31.1 Å². The molecular formula is C23H12Cl3N3O5. The fourth-order valence-electron chi connectivity index (χ4n) is 4.38. The molecule has 1 aromatic heterocycles. The van der Waals surface area contributed by atoms with Gasteiger partial charge in [0.05, 0.1) is 5.56 Å². The van der Waals surface area contributed by atoms with Crippen LogP contribution in [0.25, 0.3) is 11.4 Å². The minimum Gasteiger partial charge on any atom is -0.508 e. The van der Waals surface area contributed by atoms with Crippen LogP contribution in [0.4, 0.5) is 0 Å². The molecule has 2 aliphatic heterocycles. The lowest BCUT2D eigenvalue weighted by Gasteiger charge is -2.36. The molecule has 0 fully saturated rings. The average Bonchev–Trinajstić information content (AvgIpc) is 3.06. The molecule has 3 heterocycles. The van der Waals surface area contributed by atoms with E-state index in [-0.39, 0.29) is 57.4 Å². The Balaban J connectivity index is 0.00000241. The molecule has 0 bridgehead atoms. The number of carbonyl (C=O) groups is 1. The number of carbonyl (C=O) groups excluding carboxylic acids is 1. The van der Waals surface area contributed by atoms with Crippen LogP contribution in [-0.2, 0) is 10.3 Å². The van der Waals surface area contributed by atoms with Crippen LogP contribution in [0.1, 0.15) is 27.0 Å². The van der Waals surface area contributed by atoms with Gasteiger partial charge in [-0.3, -0.25) is 0 Å². The number of fused-ring (bicyclic) bond motifs is 6. The zero-order chi connectivity index (χ0) is 22.9. The number of halogens is 3. The first kappa shape index (κ1) is 22.2. The van der Waals surface area contributed by atoms with Gasteiger partial charge < -0.3 is 19.7 Å². The molecule has 2 N–H and O–H groups in total. The lowest BCUT2D eigenvalue weighted by Crippen LogP contribution is -2.32. The van der Waals surface area contributed by atoms with Gasteiger partial charge in [-0.15, -0.1) is 12.4 Å². The summed E-state index contributed by atoms with van der Waals surface area (Å²) in [6.45, 7) is 0. The summed E-state index contributed by atoms with van der Waals surface area (Å²) in [7, 11) is 0. The molecule has 1 spiro atoms. The molecule has 0 amide bonds. The van der Waals surface area contributed by atoms with E-state index in [0.717, 1.165) is 0 Å². The maximum absolute atomic E-state index is 13.4. The van der Waals surface area contributed by atoms with E-state index in [1.165, 1.54) is 24.3 Å². The van der Waals surface area contributed by atoms with Crippen molar-refractivity contribution < 1.29 is 24.5 Å². The smallest absolute Gasteiger partial charge is 0.340 e. The third-order valence-corrected chi connectivity index (χ3v) is 5.96. The second kappa shape index (κ2) is 7.73. The van der Waals surface area contributed by atoms with Crippen LogP contribution in [0.5, 0.6) is 23.0 Å². The van der Waals surface area contributed by atoms with Gasteiger partial charge in [-0.1, -0.05) is 18.2 Å². The quantitative estimate of drug-likeness (QED) is 0.330. The predicted molar refractivity (Wildman–Crippen MR) is 124 cm³/mol. The van der Waals surface area contributed by atoms with Gasteiger partial charge in [0.1, 0.15) is 23.0 Å². The van der Waals surface area contributed by atoms with Gasteiger partial charge in [0.2, 0.25) is 10.6 Å². The first-order chi connectivity index (χ1) is 15.9. The summed E-state index contributed by atoms with van der Waals surface area (Å²) in [5, 5.41) is 19.8. The highest BCUT2D eigenvalue weighted by atomic mass is 35.5.